The van der Waals surface area contributed by atoms with Crippen LogP contribution in [-0.4, -0.2) is 23.8 Å². The lowest BCUT2D eigenvalue weighted by Crippen LogP contribution is -2.52. The van der Waals surface area contributed by atoms with Crippen LogP contribution in [0.1, 0.15) is 27.2 Å². The van der Waals surface area contributed by atoms with Crippen LogP contribution < -0.4 is 10.3 Å². The molecule has 1 aromatic heterocycles. The average Bonchev–Trinajstić information content (AvgIpc) is 3.20. The van der Waals surface area contributed by atoms with Gasteiger partial charge in [0.1, 0.15) is 5.58 Å². The van der Waals surface area contributed by atoms with Crippen molar-refractivity contribution in [2.45, 2.75) is 12.1 Å². The predicted octanol–water partition coefficient (Wildman–Crippen LogP) is 4.32. The van der Waals surface area contributed by atoms with Crippen LogP contribution in [0.5, 0.6) is 0 Å². The highest BCUT2D eigenvalue weighted by Crippen LogP contribution is 2.52. The number of carbonyl (C=O) groups excluding carboxylic acids is 2. The molecule has 0 bridgehead atoms. The van der Waals surface area contributed by atoms with E-state index in [0.717, 1.165) is 5.56 Å². The Kier molecular flexibility index (Phi) is 4.07. The molecule has 2 amide bonds. The van der Waals surface area contributed by atoms with Crippen LogP contribution in [0.4, 0.5) is 5.69 Å². The highest BCUT2D eigenvalue weighted by Gasteiger charge is 2.64. The van der Waals surface area contributed by atoms with Crippen molar-refractivity contribution < 1.29 is 14.0 Å². The first-order valence-corrected chi connectivity index (χ1v) is 10.8. The standard InChI is InChI=1S/C26H17ClN2O4/c1-28-19-10-6-5-9-18(19)26(25(28)32)21-22(30)17-13-16(27)11-12-20(17)33-23(21)24(31)29(26)14-15-7-3-2-4-8-15/h2-13H,14H2,1H3. The number of para-hydroxylation sites is 1. The van der Waals surface area contributed by atoms with Gasteiger partial charge in [-0.3, -0.25) is 14.4 Å². The van der Waals surface area contributed by atoms with Crippen LogP contribution in [0.2, 0.25) is 5.02 Å². The molecule has 6 rings (SSSR count). The molecule has 33 heavy (non-hydrogen) atoms. The summed E-state index contributed by atoms with van der Waals surface area (Å²) in [5, 5.41) is 0.597. The van der Waals surface area contributed by atoms with Crippen LogP contribution in [0, 0.1) is 0 Å². The van der Waals surface area contributed by atoms with Gasteiger partial charge in [-0.2, -0.15) is 0 Å². The number of halogens is 1. The van der Waals surface area contributed by atoms with Crippen molar-refractivity contribution in [3.8, 4) is 0 Å². The molecular weight excluding hydrogens is 440 g/mol. The Bertz CT molecular complexity index is 1550. The second-order valence-electron chi connectivity index (χ2n) is 8.24. The number of rotatable bonds is 2. The second kappa shape index (κ2) is 6.80. The summed E-state index contributed by atoms with van der Waals surface area (Å²) >= 11 is 6.16. The third-order valence-corrected chi connectivity index (χ3v) is 6.75. The van der Waals surface area contributed by atoms with Crippen LogP contribution in [0.25, 0.3) is 11.0 Å². The van der Waals surface area contributed by atoms with Gasteiger partial charge < -0.3 is 14.2 Å². The van der Waals surface area contributed by atoms with Gasteiger partial charge in [-0.05, 0) is 29.8 Å². The van der Waals surface area contributed by atoms with Gasteiger partial charge in [0, 0.05) is 29.9 Å². The van der Waals surface area contributed by atoms with Crippen molar-refractivity contribution in [3.63, 3.8) is 0 Å². The van der Waals surface area contributed by atoms with Crippen molar-refractivity contribution in [1.82, 2.24) is 4.90 Å². The zero-order chi connectivity index (χ0) is 22.9. The largest absolute Gasteiger partial charge is 0.450 e. The Balaban J connectivity index is 1.73. The Morgan fingerprint density at radius 1 is 0.939 bits per heavy atom. The summed E-state index contributed by atoms with van der Waals surface area (Å²) in [6, 6.07) is 21.3. The summed E-state index contributed by atoms with van der Waals surface area (Å²) in [4.78, 5) is 44.6. The number of anilines is 1. The number of nitrogens with zero attached hydrogens (tertiary/aromatic N) is 2. The molecule has 6 nitrogen and oxygen atoms in total. The van der Waals surface area contributed by atoms with Crippen LogP contribution in [0.15, 0.2) is 82.0 Å². The molecule has 4 aromatic rings. The predicted molar refractivity (Wildman–Crippen MR) is 124 cm³/mol. The fourth-order valence-electron chi connectivity index (χ4n) is 5.05. The van der Waals surface area contributed by atoms with Gasteiger partial charge in [0.25, 0.3) is 11.8 Å². The molecule has 0 radical (unpaired) electrons. The molecular formula is C26H17ClN2O4. The zero-order valence-electron chi connectivity index (χ0n) is 17.5. The van der Waals surface area contributed by atoms with Gasteiger partial charge in [-0.15, -0.1) is 0 Å². The molecule has 0 saturated carbocycles. The van der Waals surface area contributed by atoms with Crippen molar-refractivity contribution in [3.05, 3.63) is 110 Å². The van der Waals surface area contributed by atoms with E-state index < -0.39 is 16.9 Å². The highest BCUT2D eigenvalue weighted by atomic mass is 35.5. The Morgan fingerprint density at radius 2 is 1.67 bits per heavy atom. The Labute approximate surface area is 193 Å². The number of hydrogen-bond donors (Lipinski definition) is 0. The minimum absolute atomic E-state index is 0.0417. The summed E-state index contributed by atoms with van der Waals surface area (Å²) in [5.74, 6) is -0.981. The number of carbonyl (C=O) groups is 2. The van der Waals surface area contributed by atoms with Gasteiger partial charge in [-0.1, -0.05) is 60.1 Å². The van der Waals surface area contributed by atoms with Crippen molar-refractivity contribution in [1.29, 1.82) is 0 Å². The quantitative estimate of drug-likeness (QED) is 0.450. The molecule has 0 aliphatic carbocycles. The van der Waals surface area contributed by atoms with E-state index in [9.17, 15) is 14.4 Å². The fraction of sp³-hybridized carbons (Fsp3) is 0.115. The van der Waals surface area contributed by atoms with E-state index in [4.69, 9.17) is 16.0 Å². The molecule has 162 valence electrons. The topological polar surface area (TPSA) is 70.8 Å². The maximum absolute atomic E-state index is 14.0. The first-order valence-electron chi connectivity index (χ1n) is 10.4. The number of benzene rings is 3. The van der Waals surface area contributed by atoms with Gasteiger partial charge >= 0.3 is 0 Å². The third kappa shape index (κ3) is 2.47. The lowest BCUT2D eigenvalue weighted by molar-refractivity contribution is -0.126. The Hall–Kier alpha value is -3.90. The van der Waals surface area contributed by atoms with Gasteiger partial charge in [0.2, 0.25) is 5.76 Å². The lowest BCUT2D eigenvalue weighted by Gasteiger charge is -2.34. The second-order valence-corrected chi connectivity index (χ2v) is 8.68. The average molecular weight is 457 g/mol. The maximum Gasteiger partial charge on any atom is 0.291 e. The minimum Gasteiger partial charge on any atom is -0.450 e. The summed E-state index contributed by atoms with van der Waals surface area (Å²) in [7, 11) is 1.65. The van der Waals surface area contributed by atoms with E-state index in [-0.39, 0.29) is 34.7 Å². The van der Waals surface area contributed by atoms with Crippen molar-refractivity contribution in [2.75, 3.05) is 11.9 Å². The minimum atomic E-state index is -1.62. The molecule has 3 heterocycles. The molecule has 1 unspecified atom stereocenters. The maximum atomic E-state index is 14.0. The van der Waals surface area contributed by atoms with E-state index in [2.05, 4.69) is 0 Å². The first kappa shape index (κ1) is 19.8. The molecule has 0 fully saturated rings. The summed E-state index contributed by atoms with van der Waals surface area (Å²) in [5.41, 5.74) is 0.292. The highest BCUT2D eigenvalue weighted by molar-refractivity contribution is 6.31. The van der Waals surface area contributed by atoms with E-state index in [1.54, 1.807) is 31.3 Å². The summed E-state index contributed by atoms with van der Waals surface area (Å²) in [6.45, 7) is 0.133. The molecule has 7 heteroatoms. The van der Waals surface area contributed by atoms with Crippen LogP contribution in [0.3, 0.4) is 0 Å². The first-order chi connectivity index (χ1) is 15.9. The van der Waals surface area contributed by atoms with Gasteiger partial charge in [-0.25, -0.2) is 0 Å². The van der Waals surface area contributed by atoms with Gasteiger partial charge in [0.15, 0.2) is 11.0 Å². The van der Waals surface area contributed by atoms with Gasteiger partial charge in [0.05, 0.1) is 10.9 Å². The third-order valence-electron chi connectivity index (χ3n) is 6.51. The molecule has 1 spiro atoms. The van der Waals surface area contributed by atoms with Crippen LogP contribution >= 0.6 is 11.6 Å². The molecule has 0 N–H and O–H groups in total. The number of likely N-dealkylation sites (N-methyl/N-ethyl adjacent to an activating group) is 1. The molecule has 2 aliphatic rings. The Morgan fingerprint density at radius 3 is 2.45 bits per heavy atom. The monoisotopic (exact) mass is 456 g/mol. The number of amides is 2. The van der Waals surface area contributed by atoms with Crippen LogP contribution in [-0.2, 0) is 16.9 Å². The molecule has 3 aromatic carbocycles. The fourth-order valence-corrected chi connectivity index (χ4v) is 5.23. The zero-order valence-corrected chi connectivity index (χ0v) is 18.3. The van der Waals surface area contributed by atoms with Crippen molar-refractivity contribution in [2.24, 2.45) is 0 Å². The van der Waals surface area contributed by atoms with E-state index in [1.165, 1.54) is 15.9 Å². The van der Waals surface area contributed by atoms with E-state index >= 15 is 0 Å². The van der Waals surface area contributed by atoms with Crippen molar-refractivity contribution >= 4 is 40.1 Å². The SMILES string of the molecule is CN1C(=O)C2(c3ccccc31)c1c(oc3ccc(Cl)cc3c1=O)C(=O)N2Cc1ccccc1. The lowest BCUT2D eigenvalue weighted by atomic mass is 9.83. The molecule has 1 atom stereocenters. The van der Waals surface area contributed by atoms with E-state index in [0.29, 0.717) is 16.3 Å². The summed E-state index contributed by atoms with van der Waals surface area (Å²) < 4.78 is 5.99. The van der Waals surface area contributed by atoms with E-state index in [1.807, 2.05) is 42.5 Å². The number of hydrogen-bond acceptors (Lipinski definition) is 4. The molecule has 0 saturated heterocycles. The number of fused-ring (bicyclic) bond motifs is 5. The molecule has 2 aliphatic heterocycles. The smallest absolute Gasteiger partial charge is 0.291 e. The summed E-state index contributed by atoms with van der Waals surface area (Å²) in [6.07, 6.45) is 0. The normalized spacial score (nSPS) is 19.0.